The van der Waals surface area contributed by atoms with E-state index in [0.717, 1.165) is 0 Å². The minimum Gasteiger partial charge on any atom is -0.480 e. The number of carbonyl (C=O) groups is 1. The summed E-state index contributed by atoms with van der Waals surface area (Å²) in [6, 6.07) is -1.07. The van der Waals surface area contributed by atoms with Crippen LogP contribution in [0.3, 0.4) is 0 Å². The second-order valence-corrected chi connectivity index (χ2v) is 2.91. The van der Waals surface area contributed by atoms with Gasteiger partial charge in [-0.25, -0.2) is 8.78 Å². The molecular weight excluding hydrogens is 168 g/mol. The smallest absolute Gasteiger partial charge is 0.321 e. The van der Waals surface area contributed by atoms with Crippen LogP contribution in [0.25, 0.3) is 0 Å². The fraction of sp³-hybridized carbons (Fsp3) is 0.857. The van der Waals surface area contributed by atoms with Gasteiger partial charge in [-0.2, -0.15) is 0 Å². The maximum Gasteiger partial charge on any atom is 0.321 e. The number of hydrogen-bond donors (Lipinski definition) is 2. The van der Waals surface area contributed by atoms with Crippen molar-refractivity contribution in [2.24, 2.45) is 5.92 Å². The summed E-state index contributed by atoms with van der Waals surface area (Å²) in [5.41, 5.74) is 0. The molecule has 3 nitrogen and oxygen atoms in total. The second-order valence-electron chi connectivity index (χ2n) is 2.91. The van der Waals surface area contributed by atoms with E-state index in [4.69, 9.17) is 5.11 Å². The van der Waals surface area contributed by atoms with Crippen molar-refractivity contribution in [3.63, 3.8) is 0 Å². The first-order valence-corrected chi connectivity index (χ1v) is 3.87. The first kappa shape index (κ1) is 9.38. The summed E-state index contributed by atoms with van der Waals surface area (Å²) < 4.78 is 24.5. The molecule has 0 bridgehead atoms. The number of hydrogen-bond acceptors (Lipinski definition) is 2. The van der Waals surface area contributed by atoms with Crippen molar-refractivity contribution < 1.29 is 18.7 Å². The van der Waals surface area contributed by atoms with Crippen LogP contribution in [-0.2, 0) is 4.79 Å². The summed E-state index contributed by atoms with van der Waals surface area (Å²) >= 11 is 0. The molecule has 1 aliphatic rings. The highest BCUT2D eigenvalue weighted by Gasteiger charge is 2.36. The molecule has 0 unspecified atom stereocenters. The van der Waals surface area contributed by atoms with E-state index in [0.29, 0.717) is 19.4 Å². The molecule has 1 fully saturated rings. The van der Waals surface area contributed by atoms with Crippen LogP contribution >= 0.6 is 0 Å². The number of carboxylic acids is 1. The summed E-state index contributed by atoms with van der Waals surface area (Å²) in [5, 5.41) is 11.1. The van der Waals surface area contributed by atoms with E-state index in [1.807, 2.05) is 0 Å². The molecule has 1 rings (SSSR count). The van der Waals surface area contributed by atoms with E-state index < -0.39 is 24.4 Å². The highest BCUT2D eigenvalue weighted by molar-refractivity contribution is 5.74. The van der Waals surface area contributed by atoms with Crippen molar-refractivity contribution in [2.45, 2.75) is 25.3 Å². The Hall–Kier alpha value is -0.710. The average molecular weight is 179 g/mol. The number of aliphatic carboxylic acids is 1. The van der Waals surface area contributed by atoms with Crippen LogP contribution < -0.4 is 5.32 Å². The first-order chi connectivity index (χ1) is 5.63. The third-order valence-corrected chi connectivity index (χ3v) is 2.10. The molecule has 1 saturated heterocycles. The normalized spacial score (nSPS) is 30.6. The first-order valence-electron chi connectivity index (χ1n) is 3.87. The number of halogens is 2. The maximum absolute atomic E-state index is 12.2. The van der Waals surface area contributed by atoms with Crippen LogP contribution in [-0.4, -0.2) is 30.1 Å². The van der Waals surface area contributed by atoms with Gasteiger partial charge in [0.15, 0.2) is 0 Å². The van der Waals surface area contributed by atoms with Gasteiger partial charge in [-0.1, -0.05) is 0 Å². The van der Waals surface area contributed by atoms with Crippen LogP contribution in [0.4, 0.5) is 8.78 Å². The molecule has 2 N–H and O–H groups in total. The van der Waals surface area contributed by atoms with Gasteiger partial charge in [-0.3, -0.25) is 4.79 Å². The standard InChI is InChI=1S/C7H11F2NO2/c8-6(9)4-2-1-3-10-5(4)7(11)12/h4-6,10H,1-3H2,(H,11,12)/t4-,5+/m0/s1. The fourth-order valence-electron chi connectivity index (χ4n) is 1.46. The van der Waals surface area contributed by atoms with Gasteiger partial charge >= 0.3 is 5.97 Å². The number of alkyl halides is 2. The Morgan fingerprint density at radius 1 is 1.58 bits per heavy atom. The maximum atomic E-state index is 12.2. The quantitative estimate of drug-likeness (QED) is 0.656. The van der Waals surface area contributed by atoms with E-state index in [-0.39, 0.29) is 0 Å². The Labute approximate surface area is 68.8 Å². The Bertz CT molecular complexity index is 175. The second kappa shape index (κ2) is 3.80. The topological polar surface area (TPSA) is 49.3 Å². The van der Waals surface area contributed by atoms with Gasteiger partial charge in [0.05, 0.1) is 0 Å². The fourth-order valence-corrected chi connectivity index (χ4v) is 1.46. The molecule has 0 aromatic rings. The molecule has 0 saturated carbocycles. The van der Waals surface area contributed by atoms with Crippen molar-refractivity contribution in [2.75, 3.05) is 6.54 Å². The van der Waals surface area contributed by atoms with E-state index >= 15 is 0 Å². The Morgan fingerprint density at radius 3 is 2.67 bits per heavy atom. The van der Waals surface area contributed by atoms with Crippen LogP contribution in [0.2, 0.25) is 0 Å². The van der Waals surface area contributed by atoms with Crippen molar-refractivity contribution in [1.82, 2.24) is 5.32 Å². The zero-order chi connectivity index (χ0) is 9.14. The molecule has 2 atom stereocenters. The largest absolute Gasteiger partial charge is 0.480 e. The van der Waals surface area contributed by atoms with Crippen LogP contribution in [0, 0.1) is 5.92 Å². The summed E-state index contributed by atoms with van der Waals surface area (Å²) in [7, 11) is 0. The van der Waals surface area contributed by atoms with E-state index in [9.17, 15) is 13.6 Å². The molecule has 12 heavy (non-hydrogen) atoms. The lowest BCUT2D eigenvalue weighted by Crippen LogP contribution is -2.49. The molecule has 0 spiro atoms. The lowest BCUT2D eigenvalue weighted by atomic mass is 9.91. The minimum absolute atomic E-state index is 0.293. The zero-order valence-corrected chi connectivity index (χ0v) is 6.46. The lowest BCUT2D eigenvalue weighted by Gasteiger charge is -2.28. The van der Waals surface area contributed by atoms with E-state index in [1.165, 1.54) is 0 Å². The number of rotatable bonds is 2. The Morgan fingerprint density at radius 2 is 2.25 bits per heavy atom. The van der Waals surface area contributed by atoms with Gasteiger partial charge in [-0.15, -0.1) is 0 Å². The summed E-state index contributed by atoms with van der Waals surface area (Å²) in [5.74, 6) is -2.21. The van der Waals surface area contributed by atoms with Crippen molar-refractivity contribution in [1.29, 1.82) is 0 Å². The van der Waals surface area contributed by atoms with Crippen molar-refractivity contribution >= 4 is 5.97 Å². The number of piperidine rings is 1. The predicted octanol–water partition coefficient (Wildman–Crippen LogP) is 0.704. The highest BCUT2D eigenvalue weighted by atomic mass is 19.3. The van der Waals surface area contributed by atoms with Gasteiger partial charge < -0.3 is 10.4 Å². The third-order valence-electron chi connectivity index (χ3n) is 2.10. The highest BCUT2D eigenvalue weighted by Crippen LogP contribution is 2.23. The molecule has 70 valence electrons. The number of carboxylic acid groups (broad SMARTS) is 1. The van der Waals surface area contributed by atoms with Gasteiger partial charge in [0.2, 0.25) is 6.43 Å². The molecule has 1 heterocycles. The summed E-state index contributed by atoms with van der Waals surface area (Å²) in [6.45, 7) is 0.514. The minimum atomic E-state index is -2.54. The van der Waals surface area contributed by atoms with Gasteiger partial charge in [-0.05, 0) is 19.4 Å². The van der Waals surface area contributed by atoms with Crippen molar-refractivity contribution in [3.05, 3.63) is 0 Å². The molecular formula is C7H11F2NO2. The van der Waals surface area contributed by atoms with Crippen LogP contribution in [0.1, 0.15) is 12.8 Å². The molecule has 5 heteroatoms. The molecule has 0 radical (unpaired) electrons. The van der Waals surface area contributed by atoms with Gasteiger partial charge in [0.25, 0.3) is 0 Å². The monoisotopic (exact) mass is 179 g/mol. The molecule has 0 aliphatic carbocycles. The SMILES string of the molecule is O=C(O)[C@@H]1NCCC[C@@H]1C(F)F. The number of nitrogens with one attached hydrogen (secondary N) is 1. The Kier molecular flexibility index (Phi) is 2.97. The molecule has 1 aliphatic heterocycles. The van der Waals surface area contributed by atoms with Gasteiger partial charge in [0, 0.05) is 5.92 Å². The average Bonchev–Trinajstić information content (AvgIpc) is 2.04. The third kappa shape index (κ3) is 1.91. The van der Waals surface area contributed by atoms with E-state index in [1.54, 1.807) is 0 Å². The molecule has 0 aromatic carbocycles. The molecule has 0 aromatic heterocycles. The summed E-state index contributed by atoms with van der Waals surface area (Å²) in [6.07, 6.45) is -1.63. The lowest BCUT2D eigenvalue weighted by molar-refractivity contribution is -0.144. The van der Waals surface area contributed by atoms with E-state index in [2.05, 4.69) is 5.32 Å². The van der Waals surface area contributed by atoms with Crippen molar-refractivity contribution in [3.8, 4) is 0 Å². The van der Waals surface area contributed by atoms with Gasteiger partial charge in [0.1, 0.15) is 6.04 Å². The summed E-state index contributed by atoms with van der Waals surface area (Å²) in [4.78, 5) is 10.5. The predicted molar refractivity (Wildman–Crippen MR) is 38.2 cm³/mol. The Balaban J connectivity index is 2.60. The van der Waals surface area contributed by atoms with Crippen LogP contribution in [0.15, 0.2) is 0 Å². The molecule has 0 amide bonds. The van der Waals surface area contributed by atoms with Crippen LogP contribution in [0.5, 0.6) is 0 Å². The zero-order valence-electron chi connectivity index (χ0n) is 6.46.